The lowest BCUT2D eigenvalue weighted by atomic mass is 10.3. The van der Waals surface area contributed by atoms with Gasteiger partial charge >= 0.3 is 0 Å². The van der Waals surface area contributed by atoms with E-state index in [2.05, 4.69) is 15.4 Å². The summed E-state index contributed by atoms with van der Waals surface area (Å²) in [6, 6.07) is 3.13. The van der Waals surface area contributed by atoms with Crippen LogP contribution in [0.1, 0.15) is 5.56 Å². The van der Waals surface area contributed by atoms with E-state index < -0.39 is 10.0 Å². The fourth-order valence-electron chi connectivity index (χ4n) is 1.66. The summed E-state index contributed by atoms with van der Waals surface area (Å²) in [7, 11) is 1.27. The minimum absolute atomic E-state index is 0.152. The van der Waals surface area contributed by atoms with Gasteiger partial charge in [0.1, 0.15) is 16.5 Å². The highest BCUT2D eigenvalue weighted by molar-refractivity contribution is 7.89. The minimum Gasteiger partial charge on any atom is -0.384 e. The number of aromatic nitrogens is 3. The Balaban J connectivity index is 2.08. The Morgan fingerprint density at radius 1 is 1.33 bits per heavy atom. The molecule has 0 aliphatic carbocycles. The summed E-state index contributed by atoms with van der Waals surface area (Å²) in [5.74, 6) is 1.14. The van der Waals surface area contributed by atoms with Crippen LogP contribution >= 0.6 is 0 Å². The van der Waals surface area contributed by atoms with Crippen LogP contribution < -0.4 is 11.1 Å². The maximum Gasteiger partial charge on any atom is 0.244 e. The summed E-state index contributed by atoms with van der Waals surface area (Å²) in [4.78, 5) is 4.25. The van der Waals surface area contributed by atoms with Crippen LogP contribution in [0.15, 0.2) is 29.4 Å². The van der Waals surface area contributed by atoms with Gasteiger partial charge in [-0.05, 0) is 12.1 Å². The molecule has 0 saturated heterocycles. The fourth-order valence-corrected chi connectivity index (χ4v) is 2.51. The Hall–Kier alpha value is -2.13. The van der Waals surface area contributed by atoms with Crippen LogP contribution in [0.2, 0.25) is 0 Å². The zero-order valence-corrected chi connectivity index (χ0v) is 12.9. The number of hydrogen-bond donors (Lipinski definition) is 2. The molecule has 9 heteroatoms. The second-order valence-electron chi connectivity index (χ2n) is 4.70. The molecule has 21 heavy (non-hydrogen) atoms. The lowest BCUT2D eigenvalue weighted by Gasteiger charge is -2.11. The fraction of sp³-hybridized carbons (Fsp3) is 0.333. The van der Waals surface area contributed by atoms with Gasteiger partial charge in [-0.25, -0.2) is 17.7 Å². The van der Waals surface area contributed by atoms with Crippen LogP contribution in [0.25, 0.3) is 0 Å². The molecule has 0 aliphatic rings. The summed E-state index contributed by atoms with van der Waals surface area (Å²) < 4.78 is 26.5. The molecule has 0 spiro atoms. The molecule has 0 amide bonds. The maximum atomic E-state index is 11.9. The normalized spacial score (nSPS) is 11.8. The van der Waals surface area contributed by atoms with Gasteiger partial charge in [-0.1, -0.05) is 0 Å². The van der Waals surface area contributed by atoms with Crippen molar-refractivity contribution in [1.82, 2.24) is 19.1 Å². The van der Waals surface area contributed by atoms with E-state index in [1.54, 1.807) is 24.0 Å². The molecule has 114 valence electrons. The van der Waals surface area contributed by atoms with E-state index in [1.165, 1.54) is 26.4 Å². The van der Waals surface area contributed by atoms with E-state index in [0.29, 0.717) is 18.2 Å². The van der Waals surface area contributed by atoms with Gasteiger partial charge in [-0.15, -0.1) is 0 Å². The number of pyridine rings is 1. The molecule has 2 rings (SSSR count). The van der Waals surface area contributed by atoms with Gasteiger partial charge in [-0.2, -0.15) is 5.10 Å². The number of hydrogen-bond acceptors (Lipinski definition) is 6. The van der Waals surface area contributed by atoms with Crippen molar-refractivity contribution in [2.45, 2.75) is 11.4 Å². The van der Waals surface area contributed by atoms with Crippen LogP contribution in [-0.2, 0) is 23.6 Å². The molecule has 2 heterocycles. The summed E-state index contributed by atoms with van der Waals surface area (Å²) in [6.45, 7) is 0.465. The monoisotopic (exact) mass is 310 g/mol. The van der Waals surface area contributed by atoms with Crippen LogP contribution in [0, 0.1) is 0 Å². The van der Waals surface area contributed by atoms with E-state index in [9.17, 15) is 8.42 Å². The number of rotatable bonds is 5. The van der Waals surface area contributed by atoms with Crippen molar-refractivity contribution in [3.63, 3.8) is 0 Å². The molecule has 2 aromatic rings. The predicted molar refractivity (Wildman–Crippen MR) is 80.1 cm³/mol. The molecule has 0 bridgehead atoms. The number of nitrogens with zero attached hydrogens (tertiary/aromatic N) is 4. The average molecular weight is 310 g/mol. The Bertz CT molecular complexity index is 721. The second kappa shape index (κ2) is 5.70. The van der Waals surface area contributed by atoms with E-state index in [-0.39, 0.29) is 4.90 Å². The van der Waals surface area contributed by atoms with E-state index in [1.807, 2.05) is 0 Å². The number of nitrogen functional groups attached to an aromatic ring is 1. The average Bonchev–Trinajstić information content (AvgIpc) is 2.77. The Labute approximate surface area is 123 Å². The summed E-state index contributed by atoms with van der Waals surface area (Å²) >= 11 is 0. The number of nitrogens with two attached hydrogens (primary N) is 1. The van der Waals surface area contributed by atoms with Gasteiger partial charge in [-0.3, -0.25) is 4.68 Å². The van der Waals surface area contributed by atoms with Crippen molar-refractivity contribution in [1.29, 1.82) is 0 Å². The van der Waals surface area contributed by atoms with E-state index >= 15 is 0 Å². The number of aryl methyl sites for hydroxylation is 1. The van der Waals surface area contributed by atoms with Gasteiger partial charge in [0, 0.05) is 39.4 Å². The highest BCUT2D eigenvalue weighted by atomic mass is 32.2. The molecule has 2 aromatic heterocycles. The lowest BCUT2D eigenvalue weighted by molar-refractivity contribution is 0.520. The third-order valence-electron chi connectivity index (χ3n) is 3.04. The van der Waals surface area contributed by atoms with Crippen molar-refractivity contribution < 1.29 is 8.42 Å². The zero-order chi connectivity index (χ0) is 15.6. The summed E-state index contributed by atoms with van der Waals surface area (Å²) in [5, 5.41) is 7.11. The molecule has 0 atom stereocenters. The van der Waals surface area contributed by atoms with Crippen molar-refractivity contribution in [3.8, 4) is 0 Å². The van der Waals surface area contributed by atoms with Crippen LogP contribution in [0.5, 0.6) is 0 Å². The highest BCUT2D eigenvalue weighted by Gasteiger charge is 2.17. The zero-order valence-electron chi connectivity index (χ0n) is 12.1. The first-order chi connectivity index (χ1) is 9.82. The minimum atomic E-state index is -3.45. The van der Waals surface area contributed by atoms with E-state index in [0.717, 1.165) is 9.87 Å². The topological polar surface area (TPSA) is 106 Å². The third-order valence-corrected chi connectivity index (χ3v) is 4.84. The number of sulfonamides is 1. The molecule has 0 radical (unpaired) electrons. The molecule has 0 unspecified atom stereocenters. The third kappa shape index (κ3) is 3.14. The molecule has 0 aromatic carbocycles. The molecular formula is C12H18N6O2S. The van der Waals surface area contributed by atoms with E-state index in [4.69, 9.17) is 5.73 Å². The number of nitrogens with one attached hydrogen (secondary N) is 1. The van der Waals surface area contributed by atoms with Gasteiger partial charge in [0.05, 0.1) is 6.20 Å². The first-order valence-corrected chi connectivity index (χ1v) is 7.65. The second-order valence-corrected chi connectivity index (χ2v) is 6.85. The van der Waals surface area contributed by atoms with Gasteiger partial charge < -0.3 is 11.1 Å². The molecular weight excluding hydrogens is 292 g/mol. The van der Waals surface area contributed by atoms with Gasteiger partial charge in [0.25, 0.3) is 0 Å². The maximum absolute atomic E-state index is 11.9. The molecule has 8 nitrogen and oxygen atoms in total. The van der Waals surface area contributed by atoms with Crippen LogP contribution in [0.4, 0.5) is 11.6 Å². The van der Waals surface area contributed by atoms with Crippen molar-refractivity contribution >= 4 is 21.7 Å². The largest absolute Gasteiger partial charge is 0.384 e. The Kier molecular flexibility index (Phi) is 4.14. The van der Waals surface area contributed by atoms with Crippen molar-refractivity contribution in [3.05, 3.63) is 30.1 Å². The standard InChI is InChI=1S/C12H18N6O2S/c1-17(2)21(19,20)10-4-5-11(15-8-10)14-6-9-7-16-18(3)12(9)13/h4-5,7-8H,6,13H2,1-3H3,(H,14,15). The molecule has 3 N–H and O–H groups in total. The molecule has 0 fully saturated rings. The SMILES string of the molecule is CN(C)S(=O)(=O)c1ccc(NCc2cnn(C)c2N)nc1. The van der Waals surface area contributed by atoms with Crippen molar-refractivity contribution in [2.75, 3.05) is 25.1 Å². The Morgan fingerprint density at radius 3 is 2.52 bits per heavy atom. The van der Waals surface area contributed by atoms with Crippen LogP contribution in [-0.4, -0.2) is 41.6 Å². The molecule has 0 aliphatic heterocycles. The summed E-state index contributed by atoms with van der Waals surface area (Å²) in [5.41, 5.74) is 6.69. The quantitative estimate of drug-likeness (QED) is 0.820. The Morgan fingerprint density at radius 2 is 2.05 bits per heavy atom. The summed E-state index contributed by atoms with van der Waals surface area (Å²) in [6.07, 6.45) is 3.00. The predicted octanol–water partition coefficient (Wildman–Crippen LogP) is 0.260. The molecule has 0 saturated carbocycles. The van der Waals surface area contributed by atoms with Gasteiger partial charge in [0.15, 0.2) is 0 Å². The first-order valence-electron chi connectivity index (χ1n) is 6.21. The van der Waals surface area contributed by atoms with Crippen molar-refractivity contribution in [2.24, 2.45) is 7.05 Å². The smallest absolute Gasteiger partial charge is 0.244 e. The van der Waals surface area contributed by atoms with Gasteiger partial charge in [0.2, 0.25) is 10.0 Å². The highest BCUT2D eigenvalue weighted by Crippen LogP contribution is 2.15. The lowest BCUT2D eigenvalue weighted by Crippen LogP contribution is -2.22. The van der Waals surface area contributed by atoms with Crippen LogP contribution in [0.3, 0.4) is 0 Å². The number of anilines is 2. The first kappa shape index (κ1) is 15.3.